The van der Waals surface area contributed by atoms with Crippen molar-refractivity contribution in [2.75, 3.05) is 25.0 Å². The van der Waals surface area contributed by atoms with Crippen LogP contribution in [0.15, 0.2) is 36.8 Å². The van der Waals surface area contributed by atoms with Crippen molar-refractivity contribution in [3.8, 4) is 0 Å². The molecule has 2 heterocycles. The molecule has 1 saturated heterocycles. The molecule has 2 aromatic rings. The van der Waals surface area contributed by atoms with Gasteiger partial charge in [0.15, 0.2) is 0 Å². The van der Waals surface area contributed by atoms with Crippen LogP contribution in [0.1, 0.15) is 12.0 Å². The van der Waals surface area contributed by atoms with Crippen LogP contribution >= 0.6 is 23.2 Å². The Bertz CT molecular complexity index is 615. The third kappa shape index (κ3) is 3.35. The fourth-order valence-electron chi connectivity index (χ4n) is 2.86. The molecule has 1 unspecified atom stereocenters. The van der Waals surface area contributed by atoms with Gasteiger partial charge in [-0.2, -0.15) is 0 Å². The van der Waals surface area contributed by atoms with Crippen LogP contribution in [0.25, 0.3) is 0 Å². The van der Waals surface area contributed by atoms with Crippen LogP contribution in [-0.2, 0) is 6.54 Å². The Morgan fingerprint density at radius 1 is 1.27 bits per heavy atom. The largest absolute Gasteiger partial charge is 0.355 e. The fourth-order valence-corrected chi connectivity index (χ4v) is 3.38. The van der Waals surface area contributed by atoms with Crippen molar-refractivity contribution in [3.63, 3.8) is 0 Å². The number of benzene rings is 1. The van der Waals surface area contributed by atoms with E-state index in [-0.39, 0.29) is 0 Å². The van der Waals surface area contributed by atoms with Gasteiger partial charge in [-0.3, -0.25) is 4.90 Å². The highest BCUT2D eigenvalue weighted by molar-refractivity contribution is 6.35. The lowest BCUT2D eigenvalue weighted by Crippen LogP contribution is -2.35. The molecule has 0 aliphatic carbocycles. The van der Waals surface area contributed by atoms with Crippen LogP contribution in [0.4, 0.5) is 5.82 Å². The topological polar surface area (TPSA) is 32.3 Å². The first-order valence-corrected chi connectivity index (χ1v) is 8.05. The summed E-state index contributed by atoms with van der Waals surface area (Å²) in [5.41, 5.74) is 1.01. The number of halogens is 2. The smallest absolute Gasteiger partial charge is 0.131 e. The molecular weight excluding hydrogens is 319 g/mol. The van der Waals surface area contributed by atoms with E-state index in [0.29, 0.717) is 6.04 Å². The maximum absolute atomic E-state index is 6.26. The van der Waals surface area contributed by atoms with Crippen molar-refractivity contribution in [1.29, 1.82) is 0 Å². The number of anilines is 1. The standard InChI is InChI=1S/C16H18Cl2N4/c1-21(16-5-7-19-11-20-16)12-6-8-22(9-12)10-13-14(17)3-2-4-15(13)18/h2-5,7,11-12H,6,8-10H2,1H3. The van der Waals surface area contributed by atoms with Crippen molar-refractivity contribution >= 4 is 29.0 Å². The first kappa shape index (κ1) is 15.5. The lowest BCUT2D eigenvalue weighted by molar-refractivity contribution is 0.326. The molecule has 4 nitrogen and oxygen atoms in total. The van der Waals surface area contributed by atoms with Gasteiger partial charge in [0.25, 0.3) is 0 Å². The summed E-state index contributed by atoms with van der Waals surface area (Å²) in [5, 5.41) is 1.47. The lowest BCUT2D eigenvalue weighted by atomic mass is 10.2. The lowest BCUT2D eigenvalue weighted by Gasteiger charge is -2.26. The van der Waals surface area contributed by atoms with Crippen molar-refractivity contribution < 1.29 is 0 Å². The highest BCUT2D eigenvalue weighted by atomic mass is 35.5. The Kier molecular flexibility index (Phi) is 4.81. The number of hydrogen-bond donors (Lipinski definition) is 0. The van der Waals surface area contributed by atoms with Crippen molar-refractivity contribution in [2.24, 2.45) is 0 Å². The fraction of sp³-hybridized carbons (Fsp3) is 0.375. The van der Waals surface area contributed by atoms with E-state index in [0.717, 1.165) is 47.5 Å². The van der Waals surface area contributed by atoms with Gasteiger partial charge in [-0.15, -0.1) is 0 Å². The first-order valence-electron chi connectivity index (χ1n) is 7.29. The van der Waals surface area contributed by atoms with Crippen LogP contribution in [-0.4, -0.2) is 41.0 Å². The average molecular weight is 337 g/mol. The molecule has 0 amide bonds. The summed E-state index contributed by atoms with van der Waals surface area (Å²) in [5.74, 6) is 0.956. The van der Waals surface area contributed by atoms with Gasteiger partial charge in [-0.1, -0.05) is 29.3 Å². The minimum Gasteiger partial charge on any atom is -0.355 e. The van der Waals surface area contributed by atoms with Crippen LogP contribution in [0.2, 0.25) is 10.0 Å². The Morgan fingerprint density at radius 2 is 2.05 bits per heavy atom. The highest BCUT2D eigenvalue weighted by Crippen LogP contribution is 2.28. The summed E-state index contributed by atoms with van der Waals surface area (Å²) >= 11 is 12.5. The van der Waals surface area contributed by atoms with Gasteiger partial charge in [0.05, 0.1) is 0 Å². The SMILES string of the molecule is CN(c1ccncn1)C1CCN(Cc2c(Cl)cccc2Cl)C1. The van der Waals surface area contributed by atoms with Crippen LogP contribution < -0.4 is 4.90 Å². The number of likely N-dealkylation sites (N-methyl/N-ethyl adjacent to an activating group) is 1. The minimum absolute atomic E-state index is 0.441. The molecule has 1 aromatic heterocycles. The van der Waals surface area contributed by atoms with E-state index in [1.807, 2.05) is 24.3 Å². The Hall–Kier alpha value is -1.36. The second kappa shape index (κ2) is 6.82. The van der Waals surface area contributed by atoms with Gasteiger partial charge in [-0.05, 0) is 24.6 Å². The number of hydrogen-bond acceptors (Lipinski definition) is 4. The molecule has 0 saturated carbocycles. The molecule has 1 atom stereocenters. The first-order chi connectivity index (χ1) is 10.6. The van der Waals surface area contributed by atoms with Gasteiger partial charge in [-0.25, -0.2) is 9.97 Å². The van der Waals surface area contributed by atoms with Gasteiger partial charge in [0.2, 0.25) is 0 Å². The summed E-state index contributed by atoms with van der Waals surface area (Å²) < 4.78 is 0. The molecule has 0 N–H and O–H groups in total. The molecule has 0 radical (unpaired) electrons. The van der Waals surface area contributed by atoms with E-state index >= 15 is 0 Å². The van der Waals surface area contributed by atoms with Crippen LogP contribution in [0.3, 0.4) is 0 Å². The molecule has 22 heavy (non-hydrogen) atoms. The molecule has 1 aliphatic heterocycles. The zero-order valence-electron chi connectivity index (χ0n) is 12.4. The molecule has 3 rings (SSSR count). The van der Waals surface area contributed by atoms with Gasteiger partial charge in [0.1, 0.15) is 12.1 Å². The van der Waals surface area contributed by atoms with E-state index in [2.05, 4.69) is 26.8 Å². The second-order valence-corrected chi connectivity index (χ2v) is 6.37. The quantitative estimate of drug-likeness (QED) is 0.855. The molecule has 1 aliphatic rings. The summed E-state index contributed by atoms with van der Waals surface area (Å²) in [4.78, 5) is 12.9. The van der Waals surface area contributed by atoms with E-state index in [4.69, 9.17) is 23.2 Å². The van der Waals surface area contributed by atoms with E-state index in [1.165, 1.54) is 0 Å². The van der Waals surface area contributed by atoms with Crippen LogP contribution in [0.5, 0.6) is 0 Å². The Balaban J connectivity index is 1.65. The van der Waals surface area contributed by atoms with E-state index in [1.54, 1.807) is 12.5 Å². The van der Waals surface area contributed by atoms with Crippen molar-refractivity contribution in [2.45, 2.75) is 19.0 Å². The van der Waals surface area contributed by atoms with Crippen LogP contribution in [0, 0.1) is 0 Å². The molecule has 116 valence electrons. The average Bonchev–Trinajstić information content (AvgIpc) is 3.00. The maximum Gasteiger partial charge on any atom is 0.131 e. The molecule has 1 fully saturated rings. The molecule has 0 spiro atoms. The number of aromatic nitrogens is 2. The predicted octanol–water partition coefficient (Wildman–Crippen LogP) is 3.49. The predicted molar refractivity (Wildman–Crippen MR) is 90.6 cm³/mol. The van der Waals surface area contributed by atoms with E-state index in [9.17, 15) is 0 Å². The maximum atomic E-state index is 6.26. The minimum atomic E-state index is 0.441. The second-order valence-electron chi connectivity index (χ2n) is 5.56. The van der Waals surface area contributed by atoms with Gasteiger partial charge < -0.3 is 4.90 Å². The third-order valence-electron chi connectivity index (χ3n) is 4.17. The van der Waals surface area contributed by atoms with Gasteiger partial charge in [0, 0.05) is 54.5 Å². The number of rotatable bonds is 4. The zero-order chi connectivity index (χ0) is 15.5. The zero-order valence-corrected chi connectivity index (χ0v) is 13.9. The number of likely N-dealkylation sites (tertiary alicyclic amines) is 1. The molecule has 6 heteroatoms. The van der Waals surface area contributed by atoms with E-state index < -0.39 is 0 Å². The normalized spacial score (nSPS) is 18.6. The molecule has 0 bridgehead atoms. The summed E-state index contributed by atoms with van der Waals surface area (Å²) in [7, 11) is 2.08. The molecule has 1 aromatic carbocycles. The summed E-state index contributed by atoms with van der Waals surface area (Å²) in [6, 6.07) is 8.04. The summed E-state index contributed by atoms with van der Waals surface area (Å²) in [6.45, 7) is 2.79. The summed E-state index contributed by atoms with van der Waals surface area (Å²) in [6.07, 6.45) is 4.46. The van der Waals surface area contributed by atoms with Gasteiger partial charge >= 0.3 is 0 Å². The highest BCUT2D eigenvalue weighted by Gasteiger charge is 2.27. The monoisotopic (exact) mass is 336 g/mol. The Labute approximate surface area is 140 Å². The molecular formula is C16H18Cl2N4. The third-order valence-corrected chi connectivity index (χ3v) is 4.87. The van der Waals surface area contributed by atoms with Crippen molar-refractivity contribution in [1.82, 2.24) is 14.9 Å². The number of nitrogens with zero attached hydrogens (tertiary/aromatic N) is 4. The Morgan fingerprint density at radius 3 is 2.73 bits per heavy atom. The van der Waals surface area contributed by atoms with Crippen molar-refractivity contribution in [3.05, 3.63) is 52.4 Å².